The first-order valence-electron chi connectivity index (χ1n) is 8.43. The maximum atomic E-state index is 11.1. The highest BCUT2D eigenvalue weighted by Gasteiger charge is 2.14. The van der Waals surface area contributed by atoms with Crippen molar-refractivity contribution in [2.75, 3.05) is 32.7 Å². The molecule has 2 N–H and O–H groups in total. The minimum Gasteiger partial charge on any atom is -0.480 e. The van der Waals surface area contributed by atoms with E-state index in [4.69, 9.17) is 5.11 Å². The van der Waals surface area contributed by atoms with Gasteiger partial charge in [-0.1, -0.05) is 13.0 Å². The van der Waals surface area contributed by atoms with Crippen molar-refractivity contribution in [3.05, 3.63) is 35.5 Å². The van der Waals surface area contributed by atoms with E-state index in [1.165, 1.54) is 16.5 Å². The van der Waals surface area contributed by atoms with Gasteiger partial charge in [0.2, 0.25) is 0 Å². The number of hydrogen-bond donors (Lipinski definition) is 2. The van der Waals surface area contributed by atoms with Crippen LogP contribution >= 0.6 is 0 Å². The lowest BCUT2D eigenvalue weighted by molar-refractivity contribution is -0.137. The predicted molar refractivity (Wildman–Crippen MR) is 92.0 cm³/mol. The summed E-state index contributed by atoms with van der Waals surface area (Å²) in [4.78, 5) is 13.6. The van der Waals surface area contributed by atoms with Crippen molar-refractivity contribution in [3.63, 3.8) is 0 Å². The van der Waals surface area contributed by atoms with E-state index in [1.54, 1.807) is 0 Å². The zero-order valence-electron chi connectivity index (χ0n) is 13.7. The summed E-state index contributed by atoms with van der Waals surface area (Å²) in [5.74, 6) is -0.796. The quantitative estimate of drug-likeness (QED) is 0.852. The third-order valence-corrected chi connectivity index (χ3v) is 4.65. The molecule has 0 amide bonds. The minimum atomic E-state index is -0.796. The minimum absolute atomic E-state index is 0.0234. The average molecular weight is 315 g/mol. The lowest BCUT2D eigenvalue weighted by Crippen LogP contribution is -2.44. The zero-order chi connectivity index (χ0) is 16.2. The smallest absolute Gasteiger partial charge is 0.323 e. The second kappa shape index (κ2) is 7.15. The Morgan fingerprint density at radius 2 is 2.09 bits per heavy atom. The van der Waals surface area contributed by atoms with E-state index in [1.807, 2.05) is 10.8 Å². The first kappa shape index (κ1) is 16.0. The first-order valence-corrected chi connectivity index (χ1v) is 8.43. The van der Waals surface area contributed by atoms with Gasteiger partial charge in [-0.15, -0.1) is 0 Å². The molecule has 1 saturated heterocycles. The SMILES string of the molecule is CCc1ccc2c(c1)c(CCN1CCNCC1)cn2CC(=O)O. The third-order valence-electron chi connectivity index (χ3n) is 4.65. The number of hydrogen-bond acceptors (Lipinski definition) is 3. The third kappa shape index (κ3) is 3.74. The van der Waals surface area contributed by atoms with Crippen LogP contribution in [0.2, 0.25) is 0 Å². The molecule has 124 valence electrons. The van der Waals surface area contributed by atoms with Crippen molar-refractivity contribution in [3.8, 4) is 0 Å². The molecular weight excluding hydrogens is 290 g/mol. The fraction of sp³-hybridized carbons (Fsp3) is 0.500. The van der Waals surface area contributed by atoms with Gasteiger partial charge < -0.3 is 19.9 Å². The summed E-state index contributed by atoms with van der Waals surface area (Å²) in [7, 11) is 0. The summed E-state index contributed by atoms with van der Waals surface area (Å²) in [6.45, 7) is 7.50. The van der Waals surface area contributed by atoms with E-state index < -0.39 is 5.97 Å². The van der Waals surface area contributed by atoms with Crippen LogP contribution in [0.3, 0.4) is 0 Å². The monoisotopic (exact) mass is 315 g/mol. The number of benzene rings is 1. The molecule has 1 aromatic carbocycles. The molecule has 1 aromatic heterocycles. The molecule has 0 unspecified atom stereocenters. The van der Waals surface area contributed by atoms with Crippen LogP contribution in [0.1, 0.15) is 18.1 Å². The van der Waals surface area contributed by atoms with Gasteiger partial charge in [-0.05, 0) is 36.1 Å². The lowest BCUT2D eigenvalue weighted by Gasteiger charge is -2.26. The second-order valence-electron chi connectivity index (χ2n) is 6.22. The predicted octanol–water partition coefficient (Wildman–Crippen LogP) is 1.74. The van der Waals surface area contributed by atoms with Gasteiger partial charge in [0.15, 0.2) is 0 Å². The number of aryl methyl sites for hydroxylation is 1. The number of carboxylic acid groups (broad SMARTS) is 1. The first-order chi connectivity index (χ1) is 11.2. The molecule has 2 heterocycles. The Labute approximate surface area is 136 Å². The summed E-state index contributed by atoms with van der Waals surface area (Å²) in [5, 5.41) is 13.7. The molecule has 3 rings (SSSR count). The average Bonchev–Trinajstić information content (AvgIpc) is 2.90. The highest BCUT2D eigenvalue weighted by molar-refractivity contribution is 5.86. The number of carbonyl (C=O) groups is 1. The number of piperazine rings is 1. The Morgan fingerprint density at radius 1 is 1.30 bits per heavy atom. The molecular formula is C18H25N3O2. The van der Waals surface area contributed by atoms with E-state index in [2.05, 4.69) is 35.3 Å². The van der Waals surface area contributed by atoms with Crippen molar-refractivity contribution in [2.24, 2.45) is 0 Å². The van der Waals surface area contributed by atoms with Gasteiger partial charge >= 0.3 is 5.97 Å². The Balaban J connectivity index is 1.85. The number of fused-ring (bicyclic) bond motifs is 1. The zero-order valence-corrected chi connectivity index (χ0v) is 13.7. The van der Waals surface area contributed by atoms with Crippen molar-refractivity contribution >= 4 is 16.9 Å². The van der Waals surface area contributed by atoms with E-state index >= 15 is 0 Å². The van der Waals surface area contributed by atoms with Crippen LogP contribution in [0, 0.1) is 0 Å². The summed E-state index contributed by atoms with van der Waals surface area (Å²) in [6.07, 6.45) is 3.99. The molecule has 0 radical (unpaired) electrons. The molecule has 0 bridgehead atoms. The molecule has 1 fully saturated rings. The molecule has 0 saturated carbocycles. The van der Waals surface area contributed by atoms with Gasteiger partial charge in [0, 0.05) is 49.8 Å². The van der Waals surface area contributed by atoms with Crippen LogP contribution in [0.15, 0.2) is 24.4 Å². The molecule has 1 aliphatic rings. The Morgan fingerprint density at radius 3 is 2.78 bits per heavy atom. The van der Waals surface area contributed by atoms with Gasteiger partial charge in [0.1, 0.15) is 6.54 Å². The number of nitrogens with one attached hydrogen (secondary N) is 1. The number of aliphatic carboxylic acids is 1. The van der Waals surface area contributed by atoms with Crippen LogP contribution in [-0.2, 0) is 24.2 Å². The molecule has 0 aliphatic carbocycles. The largest absolute Gasteiger partial charge is 0.480 e. The van der Waals surface area contributed by atoms with E-state index in [0.717, 1.165) is 51.1 Å². The molecule has 2 aromatic rings. The van der Waals surface area contributed by atoms with Crippen LogP contribution in [-0.4, -0.2) is 53.3 Å². The molecule has 0 atom stereocenters. The van der Waals surface area contributed by atoms with Crippen molar-refractivity contribution in [1.82, 2.24) is 14.8 Å². The fourth-order valence-corrected chi connectivity index (χ4v) is 3.33. The van der Waals surface area contributed by atoms with E-state index in [0.29, 0.717) is 0 Å². The number of rotatable bonds is 6. The summed E-state index contributed by atoms with van der Waals surface area (Å²) < 4.78 is 1.87. The lowest BCUT2D eigenvalue weighted by atomic mass is 10.1. The Kier molecular flexibility index (Phi) is 4.98. The Hall–Kier alpha value is -1.85. The number of carboxylic acids is 1. The highest BCUT2D eigenvalue weighted by Crippen LogP contribution is 2.24. The van der Waals surface area contributed by atoms with Crippen molar-refractivity contribution in [1.29, 1.82) is 0 Å². The summed E-state index contributed by atoms with van der Waals surface area (Å²) in [5.41, 5.74) is 3.59. The van der Waals surface area contributed by atoms with Gasteiger partial charge in [-0.2, -0.15) is 0 Å². The topological polar surface area (TPSA) is 57.5 Å². The Bertz CT molecular complexity index is 687. The van der Waals surface area contributed by atoms with Crippen LogP contribution < -0.4 is 5.32 Å². The van der Waals surface area contributed by atoms with Crippen LogP contribution in [0.25, 0.3) is 10.9 Å². The van der Waals surface area contributed by atoms with Crippen molar-refractivity contribution < 1.29 is 9.90 Å². The molecule has 5 nitrogen and oxygen atoms in total. The molecule has 23 heavy (non-hydrogen) atoms. The maximum absolute atomic E-state index is 11.1. The number of nitrogens with zero attached hydrogens (tertiary/aromatic N) is 2. The van der Waals surface area contributed by atoms with Gasteiger partial charge in [-0.25, -0.2) is 0 Å². The fourth-order valence-electron chi connectivity index (χ4n) is 3.33. The number of aromatic nitrogens is 1. The normalized spacial score (nSPS) is 16.0. The highest BCUT2D eigenvalue weighted by atomic mass is 16.4. The standard InChI is InChI=1S/C18H25N3O2/c1-2-14-3-4-17-16(11-14)15(12-21(17)13-18(22)23)5-8-20-9-6-19-7-10-20/h3-4,11-12,19H,2,5-10,13H2,1H3,(H,22,23). The maximum Gasteiger partial charge on any atom is 0.323 e. The van der Waals surface area contributed by atoms with Crippen LogP contribution in [0.4, 0.5) is 0 Å². The van der Waals surface area contributed by atoms with E-state index in [-0.39, 0.29) is 6.54 Å². The van der Waals surface area contributed by atoms with Gasteiger partial charge in [0.25, 0.3) is 0 Å². The molecule has 1 aliphatic heterocycles. The molecule has 0 spiro atoms. The van der Waals surface area contributed by atoms with Gasteiger partial charge in [-0.3, -0.25) is 4.79 Å². The summed E-state index contributed by atoms with van der Waals surface area (Å²) in [6, 6.07) is 6.38. The van der Waals surface area contributed by atoms with Crippen molar-refractivity contribution in [2.45, 2.75) is 26.3 Å². The van der Waals surface area contributed by atoms with E-state index in [9.17, 15) is 4.79 Å². The van der Waals surface area contributed by atoms with Crippen LogP contribution in [0.5, 0.6) is 0 Å². The van der Waals surface area contributed by atoms with Gasteiger partial charge in [0.05, 0.1) is 0 Å². The molecule has 5 heteroatoms. The summed E-state index contributed by atoms with van der Waals surface area (Å²) >= 11 is 0. The second-order valence-corrected chi connectivity index (χ2v) is 6.22.